The standard InChI is InChI=1S/C18H30N4O2/c1-5-22(14(2)3)11-10-20-18(19-4)21-12-15-13-23-16-8-6-7-9-17(16)24-15/h6-9,14-15H,5,10-13H2,1-4H3,(H2,19,20,21). The topological polar surface area (TPSA) is 58.1 Å². The van der Waals surface area contributed by atoms with E-state index in [2.05, 4.69) is 41.3 Å². The van der Waals surface area contributed by atoms with Gasteiger partial charge in [-0.3, -0.25) is 9.89 Å². The van der Waals surface area contributed by atoms with Gasteiger partial charge in [0, 0.05) is 26.2 Å². The third-order valence-corrected chi connectivity index (χ3v) is 4.12. The second kappa shape index (κ2) is 9.37. The molecule has 1 aliphatic rings. The van der Waals surface area contributed by atoms with E-state index < -0.39 is 0 Å². The number of nitrogens with one attached hydrogen (secondary N) is 2. The van der Waals surface area contributed by atoms with Crippen LogP contribution in [0.5, 0.6) is 11.5 Å². The molecule has 134 valence electrons. The van der Waals surface area contributed by atoms with Crippen LogP contribution in [-0.4, -0.2) is 62.8 Å². The van der Waals surface area contributed by atoms with Gasteiger partial charge in [-0.25, -0.2) is 0 Å². The Balaban J connectivity index is 1.72. The number of para-hydroxylation sites is 2. The second-order valence-electron chi connectivity index (χ2n) is 6.10. The van der Waals surface area contributed by atoms with E-state index in [1.165, 1.54) is 0 Å². The van der Waals surface area contributed by atoms with Crippen LogP contribution >= 0.6 is 0 Å². The number of rotatable bonds is 7. The van der Waals surface area contributed by atoms with Crippen LogP contribution in [0.2, 0.25) is 0 Å². The molecule has 0 saturated carbocycles. The molecule has 0 radical (unpaired) electrons. The van der Waals surface area contributed by atoms with Crippen molar-refractivity contribution in [2.75, 3.05) is 39.8 Å². The molecule has 6 heteroatoms. The van der Waals surface area contributed by atoms with E-state index >= 15 is 0 Å². The Morgan fingerprint density at radius 2 is 2.04 bits per heavy atom. The van der Waals surface area contributed by atoms with Crippen LogP contribution in [0.3, 0.4) is 0 Å². The molecule has 0 amide bonds. The van der Waals surface area contributed by atoms with Gasteiger partial charge in [0.05, 0.1) is 6.54 Å². The number of likely N-dealkylation sites (N-methyl/N-ethyl adjacent to an activating group) is 1. The lowest BCUT2D eigenvalue weighted by atomic mass is 10.2. The normalized spacial score (nSPS) is 17.2. The van der Waals surface area contributed by atoms with Gasteiger partial charge in [0.2, 0.25) is 0 Å². The molecule has 1 aromatic carbocycles. The van der Waals surface area contributed by atoms with E-state index in [-0.39, 0.29) is 6.10 Å². The van der Waals surface area contributed by atoms with Crippen LogP contribution in [0.25, 0.3) is 0 Å². The Hall–Kier alpha value is -1.95. The summed E-state index contributed by atoms with van der Waals surface area (Å²) in [5.41, 5.74) is 0. The second-order valence-corrected chi connectivity index (χ2v) is 6.10. The van der Waals surface area contributed by atoms with Gasteiger partial charge in [0.1, 0.15) is 12.7 Å². The lowest BCUT2D eigenvalue weighted by Crippen LogP contribution is -2.47. The van der Waals surface area contributed by atoms with Crippen molar-refractivity contribution in [1.82, 2.24) is 15.5 Å². The predicted octanol–water partition coefficient (Wildman–Crippen LogP) is 1.72. The van der Waals surface area contributed by atoms with Gasteiger partial charge >= 0.3 is 0 Å². The maximum absolute atomic E-state index is 5.94. The number of fused-ring (bicyclic) bond motifs is 1. The summed E-state index contributed by atoms with van der Waals surface area (Å²) < 4.78 is 11.7. The molecular weight excluding hydrogens is 304 g/mol. The molecule has 0 aromatic heterocycles. The molecule has 1 aliphatic heterocycles. The summed E-state index contributed by atoms with van der Waals surface area (Å²) in [5.74, 6) is 2.40. The van der Waals surface area contributed by atoms with Crippen LogP contribution in [0.1, 0.15) is 20.8 Å². The first-order valence-electron chi connectivity index (χ1n) is 8.71. The zero-order chi connectivity index (χ0) is 17.4. The van der Waals surface area contributed by atoms with Gasteiger partial charge in [0.15, 0.2) is 17.5 Å². The van der Waals surface area contributed by atoms with Crippen molar-refractivity contribution in [2.45, 2.75) is 32.9 Å². The van der Waals surface area contributed by atoms with Gasteiger partial charge in [-0.15, -0.1) is 0 Å². The number of hydrogen-bond acceptors (Lipinski definition) is 4. The quantitative estimate of drug-likeness (QED) is 0.587. The molecule has 1 aromatic rings. The Kier molecular flexibility index (Phi) is 7.18. The first-order valence-corrected chi connectivity index (χ1v) is 8.71. The van der Waals surface area contributed by atoms with E-state index in [1.54, 1.807) is 7.05 Å². The lowest BCUT2D eigenvalue weighted by Gasteiger charge is -2.27. The van der Waals surface area contributed by atoms with Crippen LogP contribution in [0.15, 0.2) is 29.3 Å². The predicted molar refractivity (Wildman–Crippen MR) is 98.1 cm³/mol. The summed E-state index contributed by atoms with van der Waals surface area (Å²) in [5, 5.41) is 6.65. The summed E-state index contributed by atoms with van der Waals surface area (Å²) in [6.45, 7) is 10.7. The van der Waals surface area contributed by atoms with Crippen LogP contribution in [0, 0.1) is 0 Å². The van der Waals surface area contributed by atoms with Gasteiger partial charge in [-0.2, -0.15) is 0 Å². The maximum Gasteiger partial charge on any atom is 0.191 e. The molecule has 1 unspecified atom stereocenters. The van der Waals surface area contributed by atoms with Crippen molar-refractivity contribution in [3.63, 3.8) is 0 Å². The smallest absolute Gasteiger partial charge is 0.191 e. The van der Waals surface area contributed by atoms with Gasteiger partial charge in [-0.1, -0.05) is 19.1 Å². The maximum atomic E-state index is 5.94. The number of nitrogens with zero attached hydrogens (tertiary/aromatic N) is 2. The number of guanidine groups is 1. The summed E-state index contributed by atoms with van der Waals surface area (Å²) in [6.07, 6.45) is -0.0266. The minimum Gasteiger partial charge on any atom is -0.486 e. The molecule has 6 nitrogen and oxygen atoms in total. The highest BCUT2D eigenvalue weighted by Crippen LogP contribution is 2.30. The van der Waals surface area contributed by atoms with Crippen LogP contribution in [-0.2, 0) is 0 Å². The first kappa shape index (κ1) is 18.4. The number of ether oxygens (including phenoxy) is 2. The van der Waals surface area contributed by atoms with Crippen molar-refractivity contribution >= 4 is 5.96 Å². The molecule has 1 heterocycles. The third kappa shape index (κ3) is 5.30. The average molecular weight is 334 g/mol. The van der Waals surface area contributed by atoms with Crippen LogP contribution < -0.4 is 20.1 Å². The average Bonchev–Trinajstić information content (AvgIpc) is 2.60. The fraction of sp³-hybridized carbons (Fsp3) is 0.611. The molecule has 2 N–H and O–H groups in total. The van der Waals surface area contributed by atoms with Crippen molar-refractivity contribution < 1.29 is 9.47 Å². The summed E-state index contributed by atoms with van der Waals surface area (Å²) in [7, 11) is 1.78. The molecule has 0 saturated heterocycles. The molecular formula is C18H30N4O2. The summed E-state index contributed by atoms with van der Waals surface area (Å²) in [4.78, 5) is 6.68. The number of hydrogen-bond donors (Lipinski definition) is 2. The van der Waals surface area contributed by atoms with E-state index in [0.29, 0.717) is 19.2 Å². The summed E-state index contributed by atoms with van der Waals surface area (Å²) in [6, 6.07) is 8.31. The highest BCUT2D eigenvalue weighted by atomic mass is 16.6. The van der Waals surface area contributed by atoms with E-state index in [4.69, 9.17) is 9.47 Å². The summed E-state index contributed by atoms with van der Waals surface area (Å²) >= 11 is 0. The zero-order valence-corrected chi connectivity index (χ0v) is 15.2. The third-order valence-electron chi connectivity index (χ3n) is 4.12. The van der Waals surface area contributed by atoms with Crippen molar-refractivity contribution in [3.8, 4) is 11.5 Å². The fourth-order valence-corrected chi connectivity index (χ4v) is 2.69. The largest absolute Gasteiger partial charge is 0.486 e. The Labute approximate surface area is 145 Å². The van der Waals surface area contributed by atoms with Gasteiger partial charge in [-0.05, 0) is 32.5 Å². The zero-order valence-electron chi connectivity index (χ0n) is 15.2. The first-order chi connectivity index (χ1) is 11.6. The Bertz CT molecular complexity index is 534. The lowest BCUT2D eigenvalue weighted by molar-refractivity contribution is 0.0936. The molecule has 1 atom stereocenters. The minimum atomic E-state index is -0.0266. The highest BCUT2D eigenvalue weighted by Gasteiger charge is 2.20. The minimum absolute atomic E-state index is 0.0266. The number of aliphatic imine (C=N–C) groups is 1. The number of benzene rings is 1. The Morgan fingerprint density at radius 1 is 1.29 bits per heavy atom. The van der Waals surface area contributed by atoms with E-state index in [9.17, 15) is 0 Å². The Morgan fingerprint density at radius 3 is 2.71 bits per heavy atom. The van der Waals surface area contributed by atoms with E-state index in [1.807, 2.05) is 24.3 Å². The highest BCUT2D eigenvalue weighted by molar-refractivity contribution is 5.79. The molecule has 0 bridgehead atoms. The molecule has 0 aliphatic carbocycles. The van der Waals surface area contributed by atoms with Crippen molar-refractivity contribution in [2.24, 2.45) is 4.99 Å². The van der Waals surface area contributed by atoms with Crippen molar-refractivity contribution in [3.05, 3.63) is 24.3 Å². The van der Waals surface area contributed by atoms with Crippen LogP contribution in [0.4, 0.5) is 0 Å². The van der Waals surface area contributed by atoms with Gasteiger partial charge in [0.25, 0.3) is 0 Å². The molecule has 0 spiro atoms. The molecule has 24 heavy (non-hydrogen) atoms. The monoisotopic (exact) mass is 334 g/mol. The van der Waals surface area contributed by atoms with E-state index in [0.717, 1.165) is 37.1 Å². The van der Waals surface area contributed by atoms with Gasteiger partial charge < -0.3 is 20.1 Å². The SMILES string of the molecule is CCN(CCNC(=NC)NCC1COc2ccccc2O1)C(C)C. The molecule has 2 rings (SSSR count). The van der Waals surface area contributed by atoms with Crippen molar-refractivity contribution in [1.29, 1.82) is 0 Å². The fourth-order valence-electron chi connectivity index (χ4n) is 2.69. The molecule has 0 fully saturated rings.